The molecule has 0 aliphatic rings. The van der Waals surface area contributed by atoms with Crippen LogP contribution in [0, 0.1) is 0 Å². The fraction of sp³-hybridized carbons (Fsp3) is 0.364. The molecule has 0 aliphatic heterocycles. The number of nitrogens with zero attached hydrogens (tertiary/aromatic N) is 1. The van der Waals surface area contributed by atoms with Crippen LogP contribution in [0.15, 0.2) is 24.3 Å². The summed E-state index contributed by atoms with van der Waals surface area (Å²) in [4.78, 5) is 0.285. The first-order valence-electron chi connectivity index (χ1n) is 5.40. The monoisotopic (exact) mass is 287 g/mol. The smallest absolute Gasteiger partial charge is 0.301 e. The molecule has 0 saturated heterocycles. The van der Waals surface area contributed by atoms with Crippen LogP contribution >= 0.6 is 12.2 Å². The minimum Gasteiger partial charge on any atom is -0.389 e. The Morgan fingerprint density at radius 3 is 2.22 bits per heavy atom. The van der Waals surface area contributed by atoms with E-state index in [0.717, 1.165) is 0 Å². The molecule has 0 amide bonds. The molecule has 0 fully saturated rings. The SMILES string of the molecule is CC(C)NS(=O)(=O)N(C)c1ccc(C(N)=S)cc1. The molecule has 0 saturated carbocycles. The second kappa shape index (κ2) is 5.64. The number of hydrogen-bond acceptors (Lipinski definition) is 3. The Morgan fingerprint density at radius 1 is 1.33 bits per heavy atom. The molecule has 3 N–H and O–H groups in total. The van der Waals surface area contributed by atoms with Gasteiger partial charge in [0.2, 0.25) is 0 Å². The van der Waals surface area contributed by atoms with Gasteiger partial charge >= 0.3 is 10.2 Å². The third-order valence-corrected chi connectivity index (χ3v) is 4.20. The van der Waals surface area contributed by atoms with Crippen LogP contribution in [-0.4, -0.2) is 26.5 Å². The summed E-state index contributed by atoms with van der Waals surface area (Å²) in [5.74, 6) is 0. The lowest BCUT2D eigenvalue weighted by molar-refractivity contribution is 0.568. The highest BCUT2D eigenvalue weighted by atomic mass is 32.2. The van der Waals surface area contributed by atoms with Gasteiger partial charge in [0.1, 0.15) is 4.99 Å². The molecule has 100 valence electrons. The summed E-state index contributed by atoms with van der Waals surface area (Å²) in [6.07, 6.45) is 0. The Labute approximate surface area is 113 Å². The van der Waals surface area contributed by atoms with Gasteiger partial charge in [0, 0.05) is 18.7 Å². The molecule has 18 heavy (non-hydrogen) atoms. The molecule has 5 nitrogen and oxygen atoms in total. The van der Waals surface area contributed by atoms with Crippen molar-refractivity contribution in [2.75, 3.05) is 11.4 Å². The summed E-state index contributed by atoms with van der Waals surface area (Å²) in [6.45, 7) is 3.53. The van der Waals surface area contributed by atoms with Crippen LogP contribution in [-0.2, 0) is 10.2 Å². The molecule has 0 heterocycles. The zero-order valence-corrected chi connectivity index (χ0v) is 12.2. The largest absolute Gasteiger partial charge is 0.389 e. The Kier molecular flexibility index (Phi) is 4.66. The van der Waals surface area contributed by atoms with Crippen LogP contribution in [0.2, 0.25) is 0 Å². The number of nitrogens with two attached hydrogens (primary N) is 1. The summed E-state index contributed by atoms with van der Waals surface area (Å²) < 4.78 is 27.5. The second-order valence-electron chi connectivity index (χ2n) is 4.16. The van der Waals surface area contributed by atoms with Gasteiger partial charge in [0.05, 0.1) is 5.69 Å². The third kappa shape index (κ3) is 3.66. The summed E-state index contributed by atoms with van der Waals surface area (Å²) in [5, 5.41) is 0. The van der Waals surface area contributed by atoms with Crippen LogP contribution in [0.25, 0.3) is 0 Å². The highest BCUT2D eigenvalue weighted by Crippen LogP contribution is 2.16. The Morgan fingerprint density at radius 2 is 1.83 bits per heavy atom. The molecule has 0 bridgehead atoms. The Bertz CT molecular complexity index is 524. The standard InChI is InChI=1S/C11H17N3O2S2/c1-8(2)13-18(15,16)14(3)10-6-4-9(5-7-10)11(12)17/h4-8,13H,1-3H3,(H2,12,17). The van der Waals surface area contributed by atoms with Crippen molar-refractivity contribution in [3.05, 3.63) is 29.8 Å². The average molecular weight is 287 g/mol. The van der Waals surface area contributed by atoms with Crippen LogP contribution in [0.4, 0.5) is 5.69 Å². The van der Waals surface area contributed by atoms with E-state index in [9.17, 15) is 8.42 Å². The van der Waals surface area contributed by atoms with Crippen LogP contribution in [0.5, 0.6) is 0 Å². The molecule has 1 aromatic carbocycles. The van der Waals surface area contributed by atoms with Crippen LogP contribution < -0.4 is 14.8 Å². The maximum absolute atomic E-state index is 11.9. The van der Waals surface area contributed by atoms with E-state index in [1.165, 1.54) is 11.4 Å². The lowest BCUT2D eigenvalue weighted by Gasteiger charge is -2.21. The highest BCUT2D eigenvalue weighted by Gasteiger charge is 2.18. The van der Waals surface area contributed by atoms with E-state index in [0.29, 0.717) is 11.3 Å². The minimum absolute atomic E-state index is 0.159. The van der Waals surface area contributed by atoms with Gasteiger partial charge in [0.25, 0.3) is 0 Å². The van der Waals surface area contributed by atoms with Gasteiger partial charge in [-0.05, 0) is 38.1 Å². The zero-order chi connectivity index (χ0) is 13.9. The van der Waals surface area contributed by atoms with Crippen molar-refractivity contribution in [1.82, 2.24) is 4.72 Å². The number of benzene rings is 1. The Hall–Kier alpha value is -1.18. The van der Waals surface area contributed by atoms with Crippen molar-refractivity contribution in [2.45, 2.75) is 19.9 Å². The maximum Gasteiger partial charge on any atom is 0.301 e. The zero-order valence-electron chi connectivity index (χ0n) is 10.5. The predicted molar refractivity (Wildman–Crippen MR) is 77.9 cm³/mol. The first-order chi connectivity index (χ1) is 8.24. The molecule has 1 rings (SSSR count). The summed E-state index contributed by atoms with van der Waals surface area (Å²) in [5.41, 5.74) is 6.73. The summed E-state index contributed by atoms with van der Waals surface area (Å²) in [6, 6.07) is 6.55. The normalized spacial score (nSPS) is 11.6. The van der Waals surface area contributed by atoms with Gasteiger partial charge in [0.15, 0.2) is 0 Å². The first-order valence-corrected chi connectivity index (χ1v) is 7.25. The summed E-state index contributed by atoms with van der Waals surface area (Å²) >= 11 is 4.84. The third-order valence-electron chi connectivity index (χ3n) is 2.26. The molecule has 0 atom stereocenters. The lowest BCUT2D eigenvalue weighted by Crippen LogP contribution is -2.41. The molecule has 1 aromatic rings. The van der Waals surface area contributed by atoms with E-state index in [1.54, 1.807) is 38.1 Å². The van der Waals surface area contributed by atoms with Gasteiger partial charge in [-0.3, -0.25) is 4.31 Å². The van der Waals surface area contributed by atoms with Crippen LogP contribution in [0.3, 0.4) is 0 Å². The molecular weight excluding hydrogens is 270 g/mol. The summed E-state index contributed by atoms with van der Waals surface area (Å²) in [7, 11) is -2.04. The second-order valence-corrected chi connectivity index (χ2v) is 6.33. The highest BCUT2D eigenvalue weighted by molar-refractivity contribution is 7.90. The number of nitrogens with one attached hydrogen (secondary N) is 1. The van der Waals surface area contributed by atoms with Crippen molar-refractivity contribution < 1.29 is 8.42 Å². The fourth-order valence-electron chi connectivity index (χ4n) is 1.35. The van der Waals surface area contributed by atoms with Gasteiger partial charge in [-0.2, -0.15) is 13.1 Å². The Balaban J connectivity index is 2.97. The van der Waals surface area contributed by atoms with E-state index in [-0.39, 0.29) is 11.0 Å². The average Bonchev–Trinajstić information content (AvgIpc) is 2.26. The maximum atomic E-state index is 11.9. The lowest BCUT2D eigenvalue weighted by atomic mass is 10.2. The molecule has 0 unspecified atom stereocenters. The number of thiocarbonyl (C=S) groups is 1. The number of hydrogen-bond donors (Lipinski definition) is 2. The van der Waals surface area contributed by atoms with E-state index in [4.69, 9.17) is 18.0 Å². The van der Waals surface area contributed by atoms with Crippen molar-refractivity contribution in [3.63, 3.8) is 0 Å². The minimum atomic E-state index is -3.53. The molecule has 0 spiro atoms. The van der Waals surface area contributed by atoms with Crippen molar-refractivity contribution >= 4 is 33.1 Å². The van der Waals surface area contributed by atoms with Crippen LogP contribution in [0.1, 0.15) is 19.4 Å². The molecule has 7 heteroatoms. The van der Waals surface area contributed by atoms with E-state index in [1.807, 2.05) is 0 Å². The first kappa shape index (κ1) is 14.9. The molecule has 0 aromatic heterocycles. The van der Waals surface area contributed by atoms with E-state index < -0.39 is 10.2 Å². The van der Waals surface area contributed by atoms with Gasteiger partial charge < -0.3 is 5.73 Å². The fourth-order valence-corrected chi connectivity index (χ4v) is 2.64. The predicted octanol–water partition coefficient (Wildman–Crippen LogP) is 1.000. The molecular formula is C11H17N3O2S2. The molecule has 0 aliphatic carbocycles. The van der Waals surface area contributed by atoms with Crippen molar-refractivity contribution in [1.29, 1.82) is 0 Å². The topological polar surface area (TPSA) is 75.4 Å². The van der Waals surface area contributed by atoms with E-state index >= 15 is 0 Å². The van der Waals surface area contributed by atoms with Crippen molar-refractivity contribution in [3.8, 4) is 0 Å². The van der Waals surface area contributed by atoms with Gasteiger partial charge in [-0.25, -0.2) is 0 Å². The van der Waals surface area contributed by atoms with Gasteiger partial charge in [-0.1, -0.05) is 12.2 Å². The molecule has 0 radical (unpaired) electrons. The quantitative estimate of drug-likeness (QED) is 0.792. The van der Waals surface area contributed by atoms with Gasteiger partial charge in [-0.15, -0.1) is 0 Å². The van der Waals surface area contributed by atoms with E-state index in [2.05, 4.69) is 4.72 Å². The number of rotatable bonds is 5. The van der Waals surface area contributed by atoms with Crippen molar-refractivity contribution in [2.24, 2.45) is 5.73 Å². The number of anilines is 1.